The normalized spacial score (nSPS) is 17.9. The number of aromatic nitrogens is 2. The Kier molecular flexibility index (Phi) is 5.76. The van der Waals surface area contributed by atoms with Crippen molar-refractivity contribution in [1.82, 2.24) is 14.9 Å². The number of hydrogen-bond acceptors (Lipinski definition) is 2. The van der Waals surface area contributed by atoms with Crippen molar-refractivity contribution in [3.05, 3.63) is 112 Å². The topological polar surface area (TPSA) is 33.1 Å². The molecular formula is C26H22BrFN4S. The van der Waals surface area contributed by atoms with Crippen LogP contribution in [0.15, 0.2) is 83.5 Å². The highest BCUT2D eigenvalue weighted by Crippen LogP contribution is 2.43. The summed E-state index contributed by atoms with van der Waals surface area (Å²) in [6.07, 6.45) is 1.79. The summed E-state index contributed by atoms with van der Waals surface area (Å²) in [5.41, 5.74) is 6.23. The molecule has 1 N–H and O–H groups in total. The number of halogens is 2. The molecule has 1 fully saturated rings. The molecule has 0 bridgehead atoms. The molecule has 0 saturated carbocycles. The van der Waals surface area contributed by atoms with Crippen molar-refractivity contribution in [2.75, 3.05) is 4.90 Å². The van der Waals surface area contributed by atoms with E-state index in [2.05, 4.69) is 67.7 Å². The molecule has 0 amide bonds. The largest absolute Gasteiger partial charge is 0.351 e. The second-order valence-electron chi connectivity index (χ2n) is 8.11. The predicted molar refractivity (Wildman–Crippen MR) is 137 cm³/mol. The van der Waals surface area contributed by atoms with Crippen LogP contribution in [0, 0.1) is 19.7 Å². The molecule has 7 heteroatoms. The van der Waals surface area contributed by atoms with Crippen molar-refractivity contribution >= 4 is 38.9 Å². The average Bonchev–Trinajstić information content (AvgIpc) is 3.31. The summed E-state index contributed by atoms with van der Waals surface area (Å²) >= 11 is 9.30. The summed E-state index contributed by atoms with van der Waals surface area (Å²) in [5, 5.41) is 4.06. The number of anilines is 1. The Bertz CT molecular complexity index is 1300. The number of thiocarbonyl (C=S) groups is 1. The van der Waals surface area contributed by atoms with Gasteiger partial charge in [0, 0.05) is 33.4 Å². The van der Waals surface area contributed by atoms with Crippen molar-refractivity contribution in [3.63, 3.8) is 0 Å². The standard InChI is InChI=1S/C26H22BrFN4S/c1-16-15-22(17(2)31(16)20-10-6-18(27)7-11-20)25-24(23-5-3-4-14-29-23)30-26(33)32(25)21-12-8-19(28)9-13-21/h3-15,24-25H,1-2H3,(H,30,33)/t24-,25+/m0/s1. The second-order valence-corrected chi connectivity index (χ2v) is 9.41. The fourth-order valence-electron chi connectivity index (χ4n) is 4.63. The van der Waals surface area contributed by atoms with Gasteiger partial charge in [-0.2, -0.15) is 0 Å². The number of aryl methyl sites for hydroxylation is 1. The lowest BCUT2D eigenvalue weighted by molar-refractivity contribution is 0.565. The third kappa shape index (κ3) is 3.96. The number of nitrogens with zero attached hydrogens (tertiary/aromatic N) is 3. The molecule has 5 rings (SSSR count). The fourth-order valence-corrected chi connectivity index (χ4v) is 5.24. The molecule has 3 heterocycles. The van der Waals surface area contributed by atoms with E-state index in [0.717, 1.165) is 38.5 Å². The maximum absolute atomic E-state index is 13.7. The molecule has 1 saturated heterocycles. The van der Waals surface area contributed by atoms with Gasteiger partial charge in [0.25, 0.3) is 0 Å². The van der Waals surface area contributed by atoms with Crippen LogP contribution in [0.1, 0.15) is 34.7 Å². The number of hydrogen-bond donors (Lipinski definition) is 1. The third-order valence-corrected chi connectivity index (χ3v) is 6.92. The molecule has 2 aromatic heterocycles. The lowest BCUT2D eigenvalue weighted by atomic mass is 9.96. The monoisotopic (exact) mass is 520 g/mol. The Morgan fingerprint density at radius 1 is 0.970 bits per heavy atom. The van der Waals surface area contributed by atoms with Gasteiger partial charge in [-0.05, 0) is 98.4 Å². The van der Waals surface area contributed by atoms with Gasteiger partial charge in [-0.1, -0.05) is 22.0 Å². The zero-order valence-electron chi connectivity index (χ0n) is 18.2. The van der Waals surface area contributed by atoms with Gasteiger partial charge in [-0.3, -0.25) is 4.98 Å². The molecule has 0 unspecified atom stereocenters. The number of rotatable bonds is 4. The molecule has 0 spiro atoms. The lowest BCUT2D eigenvalue weighted by Crippen LogP contribution is -2.29. The molecule has 4 aromatic rings. The van der Waals surface area contributed by atoms with E-state index in [1.54, 1.807) is 18.3 Å². The first-order valence-corrected chi connectivity index (χ1v) is 11.8. The van der Waals surface area contributed by atoms with Crippen LogP contribution in [-0.2, 0) is 0 Å². The van der Waals surface area contributed by atoms with E-state index in [1.165, 1.54) is 12.1 Å². The van der Waals surface area contributed by atoms with Gasteiger partial charge in [-0.25, -0.2) is 4.39 Å². The van der Waals surface area contributed by atoms with E-state index in [0.29, 0.717) is 5.11 Å². The summed E-state index contributed by atoms with van der Waals surface area (Å²) in [6.45, 7) is 4.24. The van der Waals surface area contributed by atoms with Crippen LogP contribution >= 0.6 is 28.1 Å². The molecule has 1 aliphatic heterocycles. The van der Waals surface area contributed by atoms with Gasteiger partial charge in [-0.15, -0.1) is 0 Å². The first kappa shape index (κ1) is 21.8. The van der Waals surface area contributed by atoms with Crippen LogP contribution in [-0.4, -0.2) is 14.7 Å². The van der Waals surface area contributed by atoms with Crippen molar-refractivity contribution in [2.45, 2.75) is 25.9 Å². The number of benzene rings is 2. The maximum Gasteiger partial charge on any atom is 0.174 e. The molecule has 166 valence electrons. The van der Waals surface area contributed by atoms with Gasteiger partial charge in [0.05, 0.1) is 17.8 Å². The smallest absolute Gasteiger partial charge is 0.174 e. The van der Waals surface area contributed by atoms with E-state index in [4.69, 9.17) is 12.2 Å². The van der Waals surface area contributed by atoms with Crippen LogP contribution in [0.5, 0.6) is 0 Å². The Balaban J connectivity index is 1.67. The fraction of sp³-hybridized carbons (Fsp3) is 0.154. The molecule has 2 aromatic carbocycles. The zero-order valence-corrected chi connectivity index (χ0v) is 20.6. The summed E-state index contributed by atoms with van der Waals surface area (Å²) in [6, 6.07) is 22.6. The Morgan fingerprint density at radius 3 is 2.33 bits per heavy atom. The molecule has 4 nitrogen and oxygen atoms in total. The highest BCUT2D eigenvalue weighted by molar-refractivity contribution is 9.10. The third-order valence-electron chi connectivity index (χ3n) is 6.08. The summed E-state index contributed by atoms with van der Waals surface area (Å²) in [7, 11) is 0. The SMILES string of the molecule is Cc1cc([C@@H]2[C@H](c3ccccn3)NC(=S)N2c2ccc(F)cc2)c(C)n1-c1ccc(Br)cc1. The summed E-state index contributed by atoms with van der Waals surface area (Å²) in [4.78, 5) is 6.69. The Labute approximate surface area is 206 Å². The van der Waals surface area contributed by atoms with Gasteiger partial charge >= 0.3 is 0 Å². The van der Waals surface area contributed by atoms with Gasteiger partial charge < -0.3 is 14.8 Å². The second kappa shape index (κ2) is 8.72. The highest BCUT2D eigenvalue weighted by atomic mass is 79.9. The first-order valence-electron chi connectivity index (χ1n) is 10.6. The van der Waals surface area contributed by atoms with Crippen LogP contribution in [0.3, 0.4) is 0 Å². The van der Waals surface area contributed by atoms with E-state index in [-0.39, 0.29) is 17.9 Å². The maximum atomic E-state index is 13.7. The minimum Gasteiger partial charge on any atom is -0.351 e. The molecule has 33 heavy (non-hydrogen) atoms. The average molecular weight is 521 g/mol. The highest BCUT2D eigenvalue weighted by Gasteiger charge is 2.42. The van der Waals surface area contributed by atoms with E-state index >= 15 is 0 Å². The van der Waals surface area contributed by atoms with E-state index < -0.39 is 0 Å². The van der Waals surface area contributed by atoms with Crippen molar-refractivity contribution in [3.8, 4) is 5.69 Å². The van der Waals surface area contributed by atoms with Crippen molar-refractivity contribution in [1.29, 1.82) is 0 Å². The van der Waals surface area contributed by atoms with Crippen LogP contribution < -0.4 is 10.2 Å². The molecule has 2 atom stereocenters. The van der Waals surface area contributed by atoms with Gasteiger partial charge in [0.2, 0.25) is 0 Å². The van der Waals surface area contributed by atoms with Crippen molar-refractivity contribution in [2.24, 2.45) is 0 Å². The van der Waals surface area contributed by atoms with E-state index in [1.807, 2.05) is 30.3 Å². The zero-order chi connectivity index (χ0) is 23.1. The predicted octanol–water partition coefficient (Wildman–Crippen LogP) is 6.57. The van der Waals surface area contributed by atoms with Crippen LogP contribution in [0.2, 0.25) is 0 Å². The first-order chi connectivity index (χ1) is 15.9. The lowest BCUT2D eigenvalue weighted by Gasteiger charge is -2.28. The van der Waals surface area contributed by atoms with Crippen LogP contribution in [0.4, 0.5) is 10.1 Å². The summed E-state index contributed by atoms with van der Waals surface area (Å²) < 4.78 is 17.0. The Morgan fingerprint density at radius 2 is 1.67 bits per heavy atom. The molecular weight excluding hydrogens is 499 g/mol. The van der Waals surface area contributed by atoms with Crippen LogP contribution in [0.25, 0.3) is 5.69 Å². The molecule has 1 aliphatic rings. The molecule has 0 radical (unpaired) electrons. The summed E-state index contributed by atoms with van der Waals surface area (Å²) in [5.74, 6) is -0.275. The number of pyridine rings is 1. The minimum atomic E-state index is -0.275. The number of nitrogens with one attached hydrogen (secondary N) is 1. The van der Waals surface area contributed by atoms with Gasteiger partial charge in [0.15, 0.2) is 5.11 Å². The van der Waals surface area contributed by atoms with Crippen molar-refractivity contribution < 1.29 is 4.39 Å². The van der Waals surface area contributed by atoms with Gasteiger partial charge in [0.1, 0.15) is 5.82 Å². The quantitative estimate of drug-likeness (QED) is 0.308. The minimum absolute atomic E-state index is 0.145. The molecule has 0 aliphatic carbocycles. The van der Waals surface area contributed by atoms with E-state index in [9.17, 15) is 4.39 Å². The Hall–Kier alpha value is -3.03.